The number of hydrogen-bond donors (Lipinski definition) is 1. The molecule has 1 fully saturated rings. The molecule has 0 saturated heterocycles. The molecule has 0 heterocycles. The van der Waals surface area contributed by atoms with Crippen molar-refractivity contribution in [2.75, 3.05) is 11.9 Å². The molecule has 1 saturated carbocycles. The van der Waals surface area contributed by atoms with Crippen molar-refractivity contribution in [1.29, 1.82) is 0 Å². The number of nitrogens with one attached hydrogen (secondary N) is 1. The summed E-state index contributed by atoms with van der Waals surface area (Å²) < 4.78 is 25.0. The summed E-state index contributed by atoms with van der Waals surface area (Å²) in [5.74, 6) is -0.275. The Hall–Kier alpha value is -1.03. The van der Waals surface area contributed by atoms with Crippen molar-refractivity contribution in [2.24, 2.45) is 17.8 Å². The SMILES string of the molecule is FC(F)Sc1ccccc1NCC1CC2C=CC1C2. The van der Waals surface area contributed by atoms with E-state index >= 15 is 0 Å². The second-order valence-electron chi connectivity index (χ2n) is 5.30. The van der Waals surface area contributed by atoms with E-state index in [0.717, 1.165) is 18.2 Å². The first-order valence-corrected chi connectivity index (χ1v) is 7.56. The number of halogens is 2. The third kappa shape index (κ3) is 2.94. The van der Waals surface area contributed by atoms with Crippen LogP contribution in [-0.2, 0) is 0 Å². The molecule has 3 rings (SSSR count). The Morgan fingerprint density at radius 2 is 2.05 bits per heavy atom. The fourth-order valence-corrected chi connectivity index (χ4v) is 3.80. The number of alkyl halides is 2. The van der Waals surface area contributed by atoms with Crippen LogP contribution in [0.1, 0.15) is 12.8 Å². The van der Waals surface area contributed by atoms with Crippen molar-refractivity contribution in [2.45, 2.75) is 23.5 Å². The molecule has 102 valence electrons. The van der Waals surface area contributed by atoms with E-state index in [4.69, 9.17) is 0 Å². The van der Waals surface area contributed by atoms with Crippen LogP contribution in [0.2, 0.25) is 0 Å². The second kappa shape index (κ2) is 5.53. The minimum absolute atomic E-state index is 0.613. The molecule has 3 unspecified atom stereocenters. The van der Waals surface area contributed by atoms with Gasteiger partial charge in [0, 0.05) is 17.1 Å². The first-order chi connectivity index (χ1) is 9.22. The van der Waals surface area contributed by atoms with Gasteiger partial charge >= 0.3 is 0 Å². The molecule has 3 atom stereocenters. The summed E-state index contributed by atoms with van der Waals surface area (Å²) in [5, 5.41) is 3.36. The van der Waals surface area contributed by atoms with Gasteiger partial charge in [-0.05, 0) is 42.7 Å². The summed E-state index contributed by atoms with van der Waals surface area (Å²) in [5.41, 5.74) is 0.833. The molecule has 1 aromatic rings. The van der Waals surface area contributed by atoms with Gasteiger partial charge in [-0.25, -0.2) is 0 Å². The number of thioether (sulfide) groups is 1. The molecule has 1 nitrogen and oxygen atoms in total. The van der Waals surface area contributed by atoms with Crippen LogP contribution in [0.4, 0.5) is 14.5 Å². The molecule has 2 aliphatic rings. The van der Waals surface area contributed by atoms with Crippen molar-refractivity contribution >= 4 is 17.4 Å². The van der Waals surface area contributed by atoms with E-state index in [0.29, 0.717) is 28.5 Å². The summed E-state index contributed by atoms with van der Waals surface area (Å²) in [6, 6.07) is 7.32. The smallest absolute Gasteiger partial charge is 0.288 e. The van der Waals surface area contributed by atoms with Crippen LogP contribution in [0.3, 0.4) is 0 Å². The number of rotatable bonds is 5. The first kappa shape index (κ1) is 13.0. The average molecular weight is 281 g/mol. The molecule has 1 aromatic carbocycles. The highest BCUT2D eigenvalue weighted by molar-refractivity contribution is 7.99. The quantitative estimate of drug-likeness (QED) is 0.624. The van der Waals surface area contributed by atoms with Crippen molar-refractivity contribution in [3.05, 3.63) is 36.4 Å². The standard InChI is InChI=1S/C15H17F2NS/c16-15(17)19-14-4-2-1-3-13(14)18-9-12-8-10-5-6-11(12)7-10/h1-6,10-12,15,18H,7-9H2. The van der Waals surface area contributed by atoms with Crippen LogP contribution < -0.4 is 5.32 Å². The Labute approximate surface area is 116 Å². The van der Waals surface area contributed by atoms with Gasteiger partial charge in [0.2, 0.25) is 0 Å². The number of hydrogen-bond acceptors (Lipinski definition) is 2. The number of para-hydroxylation sites is 1. The zero-order valence-corrected chi connectivity index (χ0v) is 11.4. The second-order valence-corrected chi connectivity index (χ2v) is 6.33. The molecular weight excluding hydrogens is 264 g/mol. The van der Waals surface area contributed by atoms with E-state index in [2.05, 4.69) is 17.5 Å². The lowest BCUT2D eigenvalue weighted by molar-refractivity contribution is 0.252. The molecule has 0 spiro atoms. The maximum absolute atomic E-state index is 12.5. The van der Waals surface area contributed by atoms with Gasteiger partial charge in [0.25, 0.3) is 5.76 Å². The lowest BCUT2D eigenvalue weighted by Gasteiger charge is -2.20. The van der Waals surface area contributed by atoms with E-state index in [1.54, 1.807) is 12.1 Å². The molecule has 0 amide bonds. The molecule has 19 heavy (non-hydrogen) atoms. The summed E-state index contributed by atoms with van der Waals surface area (Å²) in [6.07, 6.45) is 7.15. The predicted octanol–water partition coefficient (Wildman–Crippen LogP) is 4.63. The summed E-state index contributed by atoms with van der Waals surface area (Å²) in [7, 11) is 0. The molecule has 0 radical (unpaired) electrons. The van der Waals surface area contributed by atoms with Crippen LogP contribution in [0.5, 0.6) is 0 Å². The van der Waals surface area contributed by atoms with Crippen LogP contribution in [0, 0.1) is 17.8 Å². The predicted molar refractivity (Wildman–Crippen MR) is 75.6 cm³/mol. The third-order valence-corrected chi connectivity index (χ3v) is 4.86. The fraction of sp³-hybridized carbons (Fsp3) is 0.467. The summed E-state index contributed by atoms with van der Waals surface area (Å²) in [4.78, 5) is 0.635. The van der Waals surface area contributed by atoms with Crippen LogP contribution in [0.15, 0.2) is 41.3 Å². The van der Waals surface area contributed by atoms with Gasteiger partial charge in [-0.15, -0.1) is 0 Å². The highest BCUT2D eigenvalue weighted by Gasteiger charge is 2.35. The number of allylic oxidation sites excluding steroid dienone is 2. The van der Waals surface area contributed by atoms with E-state index in [1.165, 1.54) is 12.8 Å². The Balaban J connectivity index is 1.62. The topological polar surface area (TPSA) is 12.0 Å². The Bertz CT molecular complexity index is 475. The lowest BCUT2D eigenvalue weighted by atomic mass is 9.93. The Morgan fingerprint density at radius 3 is 2.74 bits per heavy atom. The average Bonchev–Trinajstić information content (AvgIpc) is 2.99. The molecule has 2 bridgehead atoms. The lowest BCUT2D eigenvalue weighted by Crippen LogP contribution is -2.18. The van der Waals surface area contributed by atoms with Crippen molar-refractivity contribution in [1.82, 2.24) is 0 Å². The normalized spacial score (nSPS) is 28.3. The monoisotopic (exact) mass is 281 g/mol. The van der Waals surface area contributed by atoms with Gasteiger partial charge in [-0.2, -0.15) is 8.78 Å². The van der Waals surface area contributed by atoms with Crippen molar-refractivity contribution < 1.29 is 8.78 Å². The van der Waals surface area contributed by atoms with Gasteiger partial charge in [0.1, 0.15) is 0 Å². The minimum atomic E-state index is -2.37. The fourth-order valence-electron chi connectivity index (χ4n) is 3.18. The molecule has 0 aliphatic heterocycles. The summed E-state index contributed by atoms with van der Waals surface area (Å²) >= 11 is 0.613. The van der Waals surface area contributed by atoms with E-state index < -0.39 is 5.76 Å². The summed E-state index contributed by atoms with van der Waals surface area (Å²) in [6.45, 7) is 0.881. The zero-order chi connectivity index (χ0) is 13.2. The highest BCUT2D eigenvalue weighted by Crippen LogP contribution is 2.43. The van der Waals surface area contributed by atoms with Gasteiger partial charge in [-0.3, -0.25) is 0 Å². The highest BCUT2D eigenvalue weighted by atomic mass is 32.2. The Kier molecular flexibility index (Phi) is 3.78. The number of anilines is 1. The zero-order valence-electron chi connectivity index (χ0n) is 10.6. The van der Waals surface area contributed by atoms with Crippen molar-refractivity contribution in [3.8, 4) is 0 Å². The number of fused-ring (bicyclic) bond motifs is 2. The Morgan fingerprint density at radius 1 is 1.21 bits per heavy atom. The molecular formula is C15H17F2NS. The minimum Gasteiger partial charge on any atom is -0.384 e. The van der Waals surface area contributed by atoms with E-state index in [-0.39, 0.29) is 0 Å². The van der Waals surface area contributed by atoms with Gasteiger partial charge < -0.3 is 5.32 Å². The number of benzene rings is 1. The van der Waals surface area contributed by atoms with Gasteiger partial charge in [0.05, 0.1) is 0 Å². The molecule has 0 aromatic heterocycles. The largest absolute Gasteiger partial charge is 0.384 e. The van der Waals surface area contributed by atoms with Gasteiger partial charge in [0.15, 0.2) is 0 Å². The van der Waals surface area contributed by atoms with Crippen LogP contribution >= 0.6 is 11.8 Å². The molecule has 1 N–H and O–H groups in total. The third-order valence-electron chi connectivity index (χ3n) is 4.07. The van der Waals surface area contributed by atoms with E-state index in [9.17, 15) is 8.78 Å². The van der Waals surface area contributed by atoms with Crippen molar-refractivity contribution in [3.63, 3.8) is 0 Å². The molecule has 2 aliphatic carbocycles. The maximum Gasteiger partial charge on any atom is 0.288 e. The maximum atomic E-state index is 12.5. The first-order valence-electron chi connectivity index (χ1n) is 6.68. The van der Waals surface area contributed by atoms with E-state index in [1.807, 2.05) is 12.1 Å². The van der Waals surface area contributed by atoms with Crippen LogP contribution in [-0.4, -0.2) is 12.3 Å². The van der Waals surface area contributed by atoms with Crippen LogP contribution in [0.25, 0.3) is 0 Å². The molecule has 4 heteroatoms. The van der Waals surface area contributed by atoms with Gasteiger partial charge in [-0.1, -0.05) is 36.0 Å².